The number of aryl methyl sites for hydroxylation is 1. The van der Waals surface area contributed by atoms with Crippen LogP contribution >= 0.6 is 0 Å². The fourth-order valence-electron chi connectivity index (χ4n) is 2.50. The Kier molecular flexibility index (Phi) is 6.20. The number of rotatable bonds is 8. The van der Waals surface area contributed by atoms with Crippen LogP contribution in [-0.4, -0.2) is 41.1 Å². The molecule has 1 aromatic heterocycles. The standard InChI is InChI=1S/C19H27N3O3/c1-14-6-7-17(25-4)16(12-14)22-11-8-15(21-22)18(24)20-10-5-9-19(2,3)13-23/h6-8,11-12,23H,5,9-10,13H2,1-4H3,(H,20,24). The number of nitrogens with zero attached hydrogens (tertiary/aromatic N) is 2. The third-order valence-corrected chi connectivity index (χ3v) is 4.15. The van der Waals surface area contributed by atoms with Crippen molar-refractivity contribution in [2.75, 3.05) is 20.3 Å². The Morgan fingerprint density at radius 2 is 2.12 bits per heavy atom. The molecule has 2 N–H and O–H groups in total. The number of aliphatic hydroxyl groups excluding tert-OH is 1. The minimum Gasteiger partial charge on any atom is -0.494 e. The summed E-state index contributed by atoms with van der Waals surface area (Å²) in [5.41, 5.74) is 2.13. The molecule has 2 aromatic rings. The molecule has 1 aromatic carbocycles. The molecule has 6 nitrogen and oxygen atoms in total. The van der Waals surface area contributed by atoms with Crippen molar-refractivity contribution in [2.24, 2.45) is 5.41 Å². The van der Waals surface area contributed by atoms with Crippen LogP contribution in [0.15, 0.2) is 30.5 Å². The number of hydrogen-bond donors (Lipinski definition) is 2. The van der Waals surface area contributed by atoms with E-state index in [0.29, 0.717) is 18.0 Å². The van der Waals surface area contributed by atoms with E-state index in [1.165, 1.54) is 0 Å². The zero-order valence-electron chi connectivity index (χ0n) is 15.4. The molecule has 0 saturated heterocycles. The summed E-state index contributed by atoms with van der Waals surface area (Å²) >= 11 is 0. The summed E-state index contributed by atoms with van der Waals surface area (Å²) in [5.74, 6) is 0.499. The largest absolute Gasteiger partial charge is 0.494 e. The van der Waals surface area contributed by atoms with Crippen molar-refractivity contribution in [1.82, 2.24) is 15.1 Å². The highest BCUT2D eigenvalue weighted by Crippen LogP contribution is 2.23. The number of hydrogen-bond acceptors (Lipinski definition) is 4. The Bertz CT molecular complexity index is 722. The third-order valence-electron chi connectivity index (χ3n) is 4.15. The van der Waals surface area contributed by atoms with Gasteiger partial charge in [-0.25, -0.2) is 4.68 Å². The van der Waals surface area contributed by atoms with Crippen LogP contribution in [0, 0.1) is 12.3 Å². The average Bonchev–Trinajstić information content (AvgIpc) is 3.08. The van der Waals surface area contributed by atoms with Gasteiger partial charge in [-0.2, -0.15) is 5.10 Å². The van der Waals surface area contributed by atoms with E-state index in [9.17, 15) is 9.90 Å². The van der Waals surface area contributed by atoms with Gasteiger partial charge in [0.1, 0.15) is 11.4 Å². The van der Waals surface area contributed by atoms with Gasteiger partial charge >= 0.3 is 0 Å². The van der Waals surface area contributed by atoms with Gasteiger partial charge in [0.2, 0.25) is 0 Å². The first-order valence-electron chi connectivity index (χ1n) is 8.46. The molecule has 0 fully saturated rings. The molecule has 0 saturated carbocycles. The van der Waals surface area contributed by atoms with Crippen LogP contribution in [-0.2, 0) is 0 Å². The SMILES string of the molecule is COc1ccc(C)cc1-n1ccc(C(=O)NCCCC(C)(C)CO)n1. The van der Waals surface area contributed by atoms with E-state index < -0.39 is 0 Å². The van der Waals surface area contributed by atoms with E-state index in [1.807, 2.05) is 39.0 Å². The third kappa shape index (κ3) is 5.06. The number of aromatic nitrogens is 2. The second kappa shape index (κ2) is 8.16. The summed E-state index contributed by atoms with van der Waals surface area (Å²) in [5, 5.41) is 16.5. The summed E-state index contributed by atoms with van der Waals surface area (Å²) in [7, 11) is 1.61. The molecule has 25 heavy (non-hydrogen) atoms. The number of carbonyl (C=O) groups is 1. The molecule has 6 heteroatoms. The second-order valence-electron chi connectivity index (χ2n) is 7.00. The van der Waals surface area contributed by atoms with Gasteiger partial charge in [-0.15, -0.1) is 0 Å². The van der Waals surface area contributed by atoms with Crippen molar-refractivity contribution in [3.8, 4) is 11.4 Å². The number of methoxy groups -OCH3 is 1. The van der Waals surface area contributed by atoms with Gasteiger partial charge in [0.05, 0.1) is 7.11 Å². The predicted molar refractivity (Wildman–Crippen MR) is 97.3 cm³/mol. The van der Waals surface area contributed by atoms with Crippen LogP contribution in [0.1, 0.15) is 42.7 Å². The molecule has 136 valence electrons. The Labute approximate surface area is 148 Å². The van der Waals surface area contributed by atoms with Gasteiger partial charge in [0, 0.05) is 19.3 Å². The van der Waals surface area contributed by atoms with E-state index in [1.54, 1.807) is 24.1 Å². The number of benzene rings is 1. The number of carbonyl (C=O) groups excluding carboxylic acids is 1. The molecule has 0 aliphatic carbocycles. The van der Waals surface area contributed by atoms with E-state index >= 15 is 0 Å². The van der Waals surface area contributed by atoms with Crippen LogP contribution in [0.3, 0.4) is 0 Å². The van der Waals surface area contributed by atoms with E-state index in [2.05, 4.69) is 10.4 Å². The lowest BCUT2D eigenvalue weighted by Crippen LogP contribution is -2.26. The molecule has 0 atom stereocenters. The quantitative estimate of drug-likeness (QED) is 0.721. The molecule has 2 rings (SSSR count). The lowest BCUT2D eigenvalue weighted by atomic mass is 9.89. The van der Waals surface area contributed by atoms with Gasteiger partial charge < -0.3 is 15.2 Å². The number of amides is 1. The Morgan fingerprint density at radius 1 is 1.36 bits per heavy atom. The molecule has 0 aliphatic heterocycles. The van der Waals surface area contributed by atoms with Crippen LogP contribution in [0.25, 0.3) is 5.69 Å². The van der Waals surface area contributed by atoms with Crippen molar-refractivity contribution >= 4 is 5.91 Å². The van der Waals surface area contributed by atoms with Gasteiger partial charge in [0.25, 0.3) is 5.91 Å². The number of nitrogens with one attached hydrogen (secondary N) is 1. The van der Waals surface area contributed by atoms with Crippen molar-refractivity contribution in [3.63, 3.8) is 0 Å². The van der Waals surface area contributed by atoms with Gasteiger partial charge in [-0.1, -0.05) is 19.9 Å². The highest BCUT2D eigenvalue weighted by atomic mass is 16.5. The lowest BCUT2D eigenvalue weighted by Gasteiger charge is -2.21. The molecule has 0 radical (unpaired) electrons. The van der Waals surface area contributed by atoms with E-state index in [-0.39, 0.29) is 17.9 Å². The van der Waals surface area contributed by atoms with Gasteiger partial charge in [-0.05, 0) is 48.9 Å². The van der Waals surface area contributed by atoms with Gasteiger partial charge in [-0.3, -0.25) is 4.79 Å². The Morgan fingerprint density at radius 3 is 2.80 bits per heavy atom. The molecule has 0 aliphatic rings. The van der Waals surface area contributed by atoms with Crippen molar-refractivity contribution < 1.29 is 14.6 Å². The molecule has 1 amide bonds. The van der Waals surface area contributed by atoms with Crippen molar-refractivity contribution in [2.45, 2.75) is 33.6 Å². The summed E-state index contributed by atoms with van der Waals surface area (Å²) in [6.45, 7) is 6.71. The normalized spacial score (nSPS) is 11.4. The molecular formula is C19H27N3O3. The molecule has 0 spiro atoms. The Balaban J connectivity index is 1.99. The van der Waals surface area contributed by atoms with E-state index in [0.717, 1.165) is 24.1 Å². The topological polar surface area (TPSA) is 76.4 Å². The summed E-state index contributed by atoms with van der Waals surface area (Å²) in [6, 6.07) is 7.50. The maximum Gasteiger partial charge on any atom is 0.271 e. The summed E-state index contributed by atoms with van der Waals surface area (Å²) in [6.07, 6.45) is 3.41. The van der Waals surface area contributed by atoms with E-state index in [4.69, 9.17) is 4.74 Å². The minimum atomic E-state index is -0.202. The summed E-state index contributed by atoms with van der Waals surface area (Å²) in [4.78, 5) is 12.2. The molecule has 1 heterocycles. The summed E-state index contributed by atoms with van der Waals surface area (Å²) < 4.78 is 7.01. The molecule has 0 unspecified atom stereocenters. The highest BCUT2D eigenvalue weighted by molar-refractivity contribution is 5.92. The first kappa shape index (κ1) is 19.0. The predicted octanol–water partition coefficient (Wildman–Crippen LogP) is 2.72. The fraction of sp³-hybridized carbons (Fsp3) is 0.474. The maximum atomic E-state index is 12.2. The fourth-order valence-corrected chi connectivity index (χ4v) is 2.50. The maximum absolute atomic E-state index is 12.2. The van der Waals surface area contributed by atoms with Crippen molar-refractivity contribution in [1.29, 1.82) is 0 Å². The van der Waals surface area contributed by atoms with Gasteiger partial charge in [0.15, 0.2) is 5.69 Å². The lowest BCUT2D eigenvalue weighted by molar-refractivity contribution is 0.0943. The Hall–Kier alpha value is -2.34. The zero-order chi connectivity index (χ0) is 18.4. The number of aliphatic hydroxyl groups is 1. The molecular weight excluding hydrogens is 318 g/mol. The first-order chi connectivity index (χ1) is 11.9. The zero-order valence-corrected chi connectivity index (χ0v) is 15.4. The number of ether oxygens (including phenoxy) is 1. The highest BCUT2D eigenvalue weighted by Gasteiger charge is 2.16. The van der Waals surface area contributed by atoms with Crippen LogP contribution in [0.4, 0.5) is 0 Å². The smallest absolute Gasteiger partial charge is 0.271 e. The second-order valence-corrected chi connectivity index (χ2v) is 7.00. The first-order valence-corrected chi connectivity index (χ1v) is 8.46. The van der Waals surface area contributed by atoms with Crippen LogP contribution < -0.4 is 10.1 Å². The molecule has 0 bridgehead atoms. The van der Waals surface area contributed by atoms with Crippen LogP contribution in [0.2, 0.25) is 0 Å². The monoisotopic (exact) mass is 345 g/mol. The van der Waals surface area contributed by atoms with Crippen LogP contribution in [0.5, 0.6) is 5.75 Å². The average molecular weight is 345 g/mol. The minimum absolute atomic E-state index is 0.117. The van der Waals surface area contributed by atoms with Crippen molar-refractivity contribution in [3.05, 3.63) is 41.7 Å².